The average Bonchev–Trinajstić information content (AvgIpc) is 2.63. The smallest absolute Gasteiger partial charge is 0.120 e. The predicted molar refractivity (Wildman–Crippen MR) is 98.7 cm³/mol. The Morgan fingerprint density at radius 2 is 1.74 bits per heavy atom. The zero-order chi connectivity index (χ0) is 16.1. The number of ether oxygens (including phenoxy) is 1. The highest BCUT2D eigenvalue weighted by Crippen LogP contribution is 2.22. The van der Waals surface area contributed by atoms with Crippen LogP contribution in [-0.2, 0) is 6.54 Å². The Balaban J connectivity index is 1.55. The molecule has 0 spiro atoms. The molecule has 1 aliphatic rings. The van der Waals surface area contributed by atoms with Crippen LogP contribution in [0.25, 0.3) is 0 Å². The summed E-state index contributed by atoms with van der Waals surface area (Å²) < 4.78 is 5.33. The van der Waals surface area contributed by atoms with Crippen molar-refractivity contribution in [2.75, 3.05) is 44.4 Å². The van der Waals surface area contributed by atoms with E-state index in [1.165, 1.54) is 16.1 Å². The van der Waals surface area contributed by atoms with Crippen molar-refractivity contribution in [2.24, 2.45) is 0 Å². The molecule has 1 heterocycles. The molecule has 4 heteroatoms. The van der Waals surface area contributed by atoms with Crippen LogP contribution in [0.3, 0.4) is 0 Å². The number of benzene rings is 2. The molecule has 0 atom stereocenters. The third-order valence-corrected chi connectivity index (χ3v) is 5.10. The fraction of sp³-hybridized carbons (Fsp3) is 0.368. The molecule has 1 saturated heterocycles. The van der Waals surface area contributed by atoms with Gasteiger partial charge in [0.15, 0.2) is 0 Å². The van der Waals surface area contributed by atoms with Crippen molar-refractivity contribution in [3.05, 3.63) is 54.1 Å². The second-order valence-electron chi connectivity index (χ2n) is 5.81. The van der Waals surface area contributed by atoms with Gasteiger partial charge < -0.3 is 9.64 Å². The van der Waals surface area contributed by atoms with Crippen molar-refractivity contribution in [3.63, 3.8) is 0 Å². The van der Waals surface area contributed by atoms with Gasteiger partial charge in [0.2, 0.25) is 0 Å². The fourth-order valence-electron chi connectivity index (χ4n) is 2.96. The zero-order valence-electron chi connectivity index (χ0n) is 13.9. The molecule has 2 aromatic rings. The lowest BCUT2D eigenvalue weighted by molar-refractivity contribution is 0.250. The van der Waals surface area contributed by atoms with E-state index in [1.54, 1.807) is 18.9 Å². The molecule has 0 saturated carbocycles. The Morgan fingerprint density at radius 3 is 2.39 bits per heavy atom. The molecule has 0 radical (unpaired) electrons. The normalized spacial score (nSPS) is 15.7. The first-order valence-corrected chi connectivity index (χ1v) is 9.25. The van der Waals surface area contributed by atoms with Gasteiger partial charge in [-0.3, -0.25) is 4.90 Å². The van der Waals surface area contributed by atoms with Crippen LogP contribution in [-0.4, -0.2) is 44.4 Å². The van der Waals surface area contributed by atoms with E-state index in [-0.39, 0.29) is 0 Å². The summed E-state index contributed by atoms with van der Waals surface area (Å²) in [7, 11) is 1.72. The summed E-state index contributed by atoms with van der Waals surface area (Å²) in [5, 5.41) is 0. The van der Waals surface area contributed by atoms with E-state index in [4.69, 9.17) is 4.74 Å². The molecular formula is C19H24N2OS. The van der Waals surface area contributed by atoms with Gasteiger partial charge in [-0.2, -0.15) is 0 Å². The summed E-state index contributed by atoms with van der Waals surface area (Å²) in [6.07, 6.45) is 2.12. The molecule has 0 N–H and O–H groups in total. The van der Waals surface area contributed by atoms with Crippen molar-refractivity contribution in [3.8, 4) is 5.75 Å². The number of nitrogens with zero attached hydrogens (tertiary/aromatic N) is 2. The van der Waals surface area contributed by atoms with Crippen LogP contribution in [0.2, 0.25) is 0 Å². The Labute approximate surface area is 143 Å². The maximum atomic E-state index is 5.33. The van der Waals surface area contributed by atoms with Gasteiger partial charge in [-0.1, -0.05) is 18.2 Å². The molecule has 0 unspecified atom stereocenters. The monoisotopic (exact) mass is 328 g/mol. The van der Waals surface area contributed by atoms with E-state index >= 15 is 0 Å². The SMILES string of the molecule is COc1cccc(N2CCN(Cc3ccc(SC)cc3)CC2)c1. The number of piperazine rings is 1. The first kappa shape index (κ1) is 16.2. The molecule has 0 amide bonds. The Kier molecular flexibility index (Phi) is 5.47. The van der Waals surface area contributed by atoms with Gasteiger partial charge in [0, 0.05) is 49.4 Å². The second-order valence-corrected chi connectivity index (χ2v) is 6.69. The quantitative estimate of drug-likeness (QED) is 0.777. The van der Waals surface area contributed by atoms with Gasteiger partial charge in [-0.25, -0.2) is 0 Å². The zero-order valence-corrected chi connectivity index (χ0v) is 14.7. The maximum absolute atomic E-state index is 5.33. The van der Waals surface area contributed by atoms with Crippen LogP contribution in [0.5, 0.6) is 5.75 Å². The third-order valence-electron chi connectivity index (χ3n) is 4.36. The lowest BCUT2D eigenvalue weighted by atomic mass is 10.2. The fourth-order valence-corrected chi connectivity index (χ4v) is 3.37. The molecule has 1 aliphatic heterocycles. The van der Waals surface area contributed by atoms with Gasteiger partial charge in [0.25, 0.3) is 0 Å². The van der Waals surface area contributed by atoms with Crippen LogP contribution in [0.1, 0.15) is 5.56 Å². The van der Waals surface area contributed by atoms with Crippen molar-refractivity contribution in [1.82, 2.24) is 4.90 Å². The lowest BCUT2D eigenvalue weighted by Gasteiger charge is -2.36. The number of anilines is 1. The van der Waals surface area contributed by atoms with Gasteiger partial charge in [-0.15, -0.1) is 11.8 Å². The predicted octanol–water partition coefficient (Wildman–Crippen LogP) is 3.74. The number of thioether (sulfide) groups is 1. The van der Waals surface area contributed by atoms with E-state index in [2.05, 4.69) is 58.5 Å². The summed E-state index contributed by atoms with van der Waals surface area (Å²) >= 11 is 1.79. The summed E-state index contributed by atoms with van der Waals surface area (Å²) in [4.78, 5) is 6.30. The van der Waals surface area contributed by atoms with E-state index in [0.717, 1.165) is 38.5 Å². The van der Waals surface area contributed by atoms with Gasteiger partial charge >= 0.3 is 0 Å². The summed E-state index contributed by atoms with van der Waals surface area (Å²) in [5.74, 6) is 0.929. The van der Waals surface area contributed by atoms with E-state index in [9.17, 15) is 0 Å². The summed E-state index contributed by atoms with van der Waals surface area (Å²) in [6, 6.07) is 17.3. The third kappa shape index (κ3) is 4.21. The molecule has 1 fully saturated rings. The molecule has 2 aromatic carbocycles. The van der Waals surface area contributed by atoms with Gasteiger partial charge in [0.1, 0.15) is 5.75 Å². The highest BCUT2D eigenvalue weighted by atomic mass is 32.2. The van der Waals surface area contributed by atoms with Crippen LogP contribution in [0.15, 0.2) is 53.4 Å². The standard InChI is InChI=1S/C19H24N2OS/c1-22-18-5-3-4-17(14-18)21-12-10-20(11-13-21)15-16-6-8-19(23-2)9-7-16/h3-9,14H,10-13,15H2,1-2H3. The first-order chi connectivity index (χ1) is 11.3. The van der Waals surface area contributed by atoms with Crippen LogP contribution in [0, 0.1) is 0 Å². The molecule has 0 bridgehead atoms. The number of hydrogen-bond donors (Lipinski definition) is 0. The van der Waals surface area contributed by atoms with Crippen LogP contribution >= 0.6 is 11.8 Å². The summed E-state index contributed by atoms with van der Waals surface area (Å²) in [5.41, 5.74) is 2.66. The van der Waals surface area contributed by atoms with Crippen LogP contribution in [0.4, 0.5) is 5.69 Å². The maximum Gasteiger partial charge on any atom is 0.120 e. The van der Waals surface area contributed by atoms with Crippen molar-refractivity contribution in [2.45, 2.75) is 11.4 Å². The Hall–Kier alpha value is -1.65. The van der Waals surface area contributed by atoms with E-state index in [1.807, 2.05) is 6.07 Å². The average molecular weight is 328 g/mol. The van der Waals surface area contributed by atoms with Crippen molar-refractivity contribution >= 4 is 17.4 Å². The Bertz CT molecular complexity index is 622. The molecule has 122 valence electrons. The minimum absolute atomic E-state index is 0.929. The van der Waals surface area contributed by atoms with E-state index < -0.39 is 0 Å². The minimum Gasteiger partial charge on any atom is -0.497 e. The molecule has 3 rings (SSSR count). The molecule has 0 aromatic heterocycles. The number of hydrogen-bond acceptors (Lipinski definition) is 4. The van der Waals surface area contributed by atoms with Crippen LogP contribution < -0.4 is 9.64 Å². The highest BCUT2D eigenvalue weighted by Gasteiger charge is 2.17. The first-order valence-electron chi connectivity index (χ1n) is 8.03. The van der Waals surface area contributed by atoms with E-state index in [0.29, 0.717) is 0 Å². The number of rotatable bonds is 5. The molecule has 3 nitrogen and oxygen atoms in total. The van der Waals surface area contributed by atoms with Gasteiger partial charge in [-0.05, 0) is 36.1 Å². The highest BCUT2D eigenvalue weighted by molar-refractivity contribution is 7.98. The summed E-state index contributed by atoms with van der Waals surface area (Å²) in [6.45, 7) is 5.37. The largest absolute Gasteiger partial charge is 0.497 e. The van der Waals surface area contributed by atoms with Crippen molar-refractivity contribution in [1.29, 1.82) is 0 Å². The van der Waals surface area contributed by atoms with Crippen molar-refractivity contribution < 1.29 is 4.74 Å². The number of methoxy groups -OCH3 is 1. The molecule has 23 heavy (non-hydrogen) atoms. The lowest BCUT2D eigenvalue weighted by Crippen LogP contribution is -2.45. The minimum atomic E-state index is 0.929. The topological polar surface area (TPSA) is 15.7 Å². The molecular weight excluding hydrogens is 304 g/mol. The Morgan fingerprint density at radius 1 is 1.00 bits per heavy atom. The van der Waals surface area contributed by atoms with Gasteiger partial charge in [0.05, 0.1) is 7.11 Å². The molecule has 0 aliphatic carbocycles. The second kappa shape index (κ2) is 7.75.